The van der Waals surface area contributed by atoms with E-state index in [4.69, 9.17) is 0 Å². The van der Waals surface area contributed by atoms with Gasteiger partial charge in [0.05, 0.1) is 11.8 Å². The fraction of sp³-hybridized carbons (Fsp3) is 0.600. The first-order valence-electron chi connectivity index (χ1n) is 6.91. The van der Waals surface area contributed by atoms with Gasteiger partial charge in [-0.25, -0.2) is 0 Å². The van der Waals surface area contributed by atoms with Gasteiger partial charge in [0, 0.05) is 17.6 Å². The Bertz CT molecular complexity index is 384. The average molecular weight is 312 g/mol. The second-order valence-corrected chi connectivity index (χ2v) is 6.00. The highest BCUT2D eigenvalue weighted by Crippen LogP contribution is 2.30. The minimum Gasteiger partial charge on any atom is -0.389 e. The Hall–Kier alpha value is -0.540. The second kappa shape index (κ2) is 6.58. The topological polar surface area (TPSA) is 23.5 Å². The molecule has 1 aromatic rings. The Morgan fingerprint density at radius 3 is 2.28 bits per heavy atom. The second-order valence-electron chi connectivity index (χ2n) is 5.14. The van der Waals surface area contributed by atoms with E-state index in [1.54, 1.807) is 6.92 Å². The standard InChI is InChI=1S/C15H22BrNO/c1-12(18)13-7-8-15(14(16)11-13)17-9-5-3-2-4-6-10-17/h7-8,11-12,18H,2-6,9-10H2,1H3. The van der Waals surface area contributed by atoms with Crippen molar-refractivity contribution < 1.29 is 5.11 Å². The number of rotatable bonds is 2. The van der Waals surface area contributed by atoms with Crippen LogP contribution in [0, 0.1) is 0 Å². The molecule has 1 unspecified atom stereocenters. The highest BCUT2D eigenvalue weighted by molar-refractivity contribution is 9.10. The van der Waals surface area contributed by atoms with Crippen LogP contribution in [0.25, 0.3) is 0 Å². The molecule has 18 heavy (non-hydrogen) atoms. The monoisotopic (exact) mass is 311 g/mol. The molecule has 0 spiro atoms. The van der Waals surface area contributed by atoms with Crippen LogP contribution in [0.4, 0.5) is 5.69 Å². The lowest BCUT2D eigenvalue weighted by atomic mass is 10.1. The minimum atomic E-state index is -0.400. The lowest BCUT2D eigenvalue weighted by Crippen LogP contribution is -2.27. The van der Waals surface area contributed by atoms with Gasteiger partial charge in [0.25, 0.3) is 0 Å². The van der Waals surface area contributed by atoms with Gasteiger partial charge in [-0.1, -0.05) is 25.3 Å². The van der Waals surface area contributed by atoms with E-state index in [0.29, 0.717) is 0 Å². The Kier molecular flexibility index (Phi) is 5.07. The summed E-state index contributed by atoms with van der Waals surface area (Å²) in [7, 11) is 0. The van der Waals surface area contributed by atoms with E-state index >= 15 is 0 Å². The molecule has 1 heterocycles. The van der Waals surface area contributed by atoms with Gasteiger partial charge in [-0.2, -0.15) is 0 Å². The van der Waals surface area contributed by atoms with Crippen LogP contribution in [-0.4, -0.2) is 18.2 Å². The van der Waals surface area contributed by atoms with Crippen LogP contribution in [0.15, 0.2) is 22.7 Å². The zero-order chi connectivity index (χ0) is 13.0. The Balaban J connectivity index is 2.15. The molecule has 0 aliphatic carbocycles. The smallest absolute Gasteiger partial charge is 0.0762 e. The zero-order valence-corrected chi connectivity index (χ0v) is 12.6. The number of anilines is 1. The summed E-state index contributed by atoms with van der Waals surface area (Å²) in [5.41, 5.74) is 2.24. The SMILES string of the molecule is CC(O)c1ccc(N2CCCCCCC2)c(Br)c1. The Morgan fingerprint density at radius 1 is 1.11 bits per heavy atom. The van der Waals surface area contributed by atoms with Crippen molar-refractivity contribution in [1.29, 1.82) is 0 Å². The fourth-order valence-electron chi connectivity index (χ4n) is 2.53. The molecule has 1 saturated heterocycles. The van der Waals surface area contributed by atoms with Gasteiger partial charge in [0.15, 0.2) is 0 Å². The molecule has 100 valence electrons. The molecule has 0 radical (unpaired) electrons. The maximum absolute atomic E-state index is 9.60. The molecule has 1 aliphatic rings. The number of nitrogens with zero attached hydrogens (tertiary/aromatic N) is 1. The van der Waals surface area contributed by atoms with Crippen LogP contribution < -0.4 is 4.90 Å². The summed E-state index contributed by atoms with van der Waals surface area (Å²) >= 11 is 3.64. The highest BCUT2D eigenvalue weighted by Gasteiger charge is 2.13. The maximum atomic E-state index is 9.60. The predicted molar refractivity (Wildman–Crippen MR) is 80.1 cm³/mol. The number of halogens is 1. The fourth-order valence-corrected chi connectivity index (χ4v) is 3.18. The number of hydrogen-bond donors (Lipinski definition) is 1. The molecule has 1 atom stereocenters. The third-order valence-electron chi connectivity index (χ3n) is 3.65. The van der Waals surface area contributed by atoms with E-state index in [1.807, 2.05) is 12.1 Å². The zero-order valence-electron chi connectivity index (χ0n) is 11.0. The number of aliphatic hydroxyl groups is 1. The van der Waals surface area contributed by atoms with E-state index in [1.165, 1.54) is 37.8 Å². The molecule has 0 aromatic heterocycles. The largest absolute Gasteiger partial charge is 0.389 e. The summed E-state index contributed by atoms with van der Waals surface area (Å²) in [6.45, 7) is 4.09. The van der Waals surface area contributed by atoms with Crippen molar-refractivity contribution in [3.63, 3.8) is 0 Å². The third kappa shape index (κ3) is 3.48. The normalized spacial score (nSPS) is 19.2. The van der Waals surface area contributed by atoms with E-state index in [2.05, 4.69) is 26.9 Å². The predicted octanol–water partition coefficient (Wildman–Crippen LogP) is 4.27. The van der Waals surface area contributed by atoms with Gasteiger partial charge in [0.1, 0.15) is 0 Å². The molecule has 0 saturated carbocycles. The lowest BCUT2D eigenvalue weighted by molar-refractivity contribution is 0.199. The van der Waals surface area contributed by atoms with Crippen molar-refractivity contribution in [2.24, 2.45) is 0 Å². The summed E-state index contributed by atoms with van der Waals surface area (Å²) in [6.07, 6.45) is 6.24. The summed E-state index contributed by atoms with van der Waals surface area (Å²) < 4.78 is 1.10. The molecular formula is C15H22BrNO. The molecule has 2 rings (SSSR count). The van der Waals surface area contributed by atoms with E-state index in [-0.39, 0.29) is 0 Å². The molecule has 1 N–H and O–H groups in total. The number of hydrogen-bond acceptors (Lipinski definition) is 2. The van der Waals surface area contributed by atoms with Crippen molar-refractivity contribution in [3.8, 4) is 0 Å². The van der Waals surface area contributed by atoms with Crippen molar-refractivity contribution in [3.05, 3.63) is 28.2 Å². The first-order chi connectivity index (χ1) is 8.68. The van der Waals surface area contributed by atoms with E-state index < -0.39 is 6.10 Å². The van der Waals surface area contributed by atoms with Gasteiger partial charge < -0.3 is 10.0 Å². The van der Waals surface area contributed by atoms with Crippen molar-refractivity contribution in [2.75, 3.05) is 18.0 Å². The van der Waals surface area contributed by atoms with E-state index in [0.717, 1.165) is 23.1 Å². The molecule has 0 bridgehead atoms. The molecule has 3 heteroatoms. The molecule has 1 fully saturated rings. The Morgan fingerprint density at radius 2 is 1.72 bits per heavy atom. The Labute approximate surface area is 118 Å². The molecule has 0 amide bonds. The molecular weight excluding hydrogens is 290 g/mol. The van der Waals surface area contributed by atoms with Crippen molar-refractivity contribution >= 4 is 21.6 Å². The van der Waals surface area contributed by atoms with Crippen LogP contribution in [0.5, 0.6) is 0 Å². The van der Waals surface area contributed by atoms with Gasteiger partial charge in [-0.05, 0) is 53.4 Å². The quantitative estimate of drug-likeness (QED) is 0.881. The van der Waals surface area contributed by atoms with Crippen molar-refractivity contribution in [2.45, 2.75) is 45.1 Å². The number of benzene rings is 1. The van der Waals surface area contributed by atoms with Gasteiger partial charge in [-0.15, -0.1) is 0 Å². The van der Waals surface area contributed by atoms with Gasteiger partial charge in [-0.3, -0.25) is 0 Å². The molecule has 2 nitrogen and oxygen atoms in total. The molecule has 1 aliphatic heterocycles. The maximum Gasteiger partial charge on any atom is 0.0762 e. The molecule has 1 aromatic carbocycles. The lowest BCUT2D eigenvalue weighted by Gasteiger charge is -2.28. The summed E-state index contributed by atoms with van der Waals surface area (Å²) in [5, 5.41) is 9.60. The van der Waals surface area contributed by atoms with Crippen LogP contribution in [0.2, 0.25) is 0 Å². The first-order valence-corrected chi connectivity index (χ1v) is 7.70. The van der Waals surface area contributed by atoms with Gasteiger partial charge in [0.2, 0.25) is 0 Å². The minimum absolute atomic E-state index is 0.400. The number of aliphatic hydroxyl groups excluding tert-OH is 1. The first kappa shape index (κ1) is 13.9. The van der Waals surface area contributed by atoms with E-state index in [9.17, 15) is 5.11 Å². The average Bonchev–Trinajstić information content (AvgIpc) is 2.29. The van der Waals surface area contributed by atoms with Crippen LogP contribution in [-0.2, 0) is 0 Å². The van der Waals surface area contributed by atoms with Crippen molar-refractivity contribution in [1.82, 2.24) is 0 Å². The highest BCUT2D eigenvalue weighted by atomic mass is 79.9. The summed E-state index contributed by atoms with van der Waals surface area (Å²) in [6, 6.07) is 6.20. The van der Waals surface area contributed by atoms with Crippen LogP contribution in [0.3, 0.4) is 0 Å². The summed E-state index contributed by atoms with van der Waals surface area (Å²) in [4.78, 5) is 2.47. The van der Waals surface area contributed by atoms with Crippen LogP contribution in [0.1, 0.15) is 50.7 Å². The van der Waals surface area contributed by atoms with Gasteiger partial charge >= 0.3 is 0 Å². The van der Waals surface area contributed by atoms with Crippen LogP contribution >= 0.6 is 15.9 Å². The third-order valence-corrected chi connectivity index (χ3v) is 4.29. The summed E-state index contributed by atoms with van der Waals surface area (Å²) in [5.74, 6) is 0.